The van der Waals surface area contributed by atoms with Gasteiger partial charge < -0.3 is 10.6 Å². The first-order valence-corrected chi connectivity index (χ1v) is 6.38. The van der Waals surface area contributed by atoms with Gasteiger partial charge in [-0.1, -0.05) is 13.8 Å². The molecule has 1 saturated heterocycles. The number of aromatic nitrogens is 3. The Hall–Kier alpha value is -1.10. The van der Waals surface area contributed by atoms with E-state index in [0.717, 1.165) is 13.1 Å². The van der Waals surface area contributed by atoms with Crippen molar-refractivity contribution < 1.29 is 0 Å². The van der Waals surface area contributed by atoms with E-state index in [1.807, 2.05) is 0 Å². The molecule has 2 N–H and O–H groups in total. The minimum absolute atomic E-state index is 0.165. The highest BCUT2D eigenvalue weighted by Gasteiger charge is 2.36. The van der Waals surface area contributed by atoms with Crippen LogP contribution in [0.3, 0.4) is 0 Å². The molecule has 1 aromatic rings. The number of halogens is 1. The van der Waals surface area contributed by atoms with Crippen LogP contribution < -0.4 is 10.6 Å². The third-order valence-corrected chi connectivity index (χ3v) is 4.00. The number of hydrogen-bond acceptors (Lipinski definition) is 5. The number of nitrogens with two attached hydrogens (primary N) is 1. The summed E-state index contributed by atoms with van der Waals surface area (Å²) in [6.45, 7) is 6.41. The summed E-state index contributed by atoms with van der Waals surface area (Å²) in [6, 6.07) is 0. The van der Waals surface area contributed by atoms with Gasteiger partial charge in [-0.05, 0) is 36.3 Å². The summed E-state index contributed by atoms with van der Waals surface area (Å²) in [6.07, 6.45) is 3.52. The van der Waals surface area contributed by atoms with E-state index in [1.165, 1.54) is 19.3 Å². The minimum Gasteiger partial charge on any atom is -0.368 e. The topological polar surface area (TPSA) is 67.9 Å². The molecule has 0 atom stereocenters. The van der Waals surface area contributed by atoms with Gasteiger partial charge in [-0.25, -0.2) is 0 Å². The predicted octanol–water partition coefficient (Wildman–Crippen LogP) is 2.12. The summed E-state index contributed by atoms with van der Waals surface area (Å²) < 4.78 is 0. The molecule has 0 amide bonds. The highest BCUT2D eigenvalue weighted by Crippen LogP contribution is 2.38. The van der Waals surface area contributed by atoms with E-state index in [4.69, 9.17) is 17.3 Å². The molecule has 17 heavy (non-hydrogen) atoms. The van der Waals surface area contributed by atoms with Gasteiger partial charge in [0.1, 0.15) is 0 Å². The quantitative estimate of drug-likeness (QED) is 0.896. The average molecular weight is 256 g/mol. The smallest absolute Gasteiger partial charge is 0.231 e. The molecule has 1 fully saturated rings. The highest BCUT2D eigenvalue weighted by atomic mass is 35.5. The molecular weight excluding hydrogens is 238 g/mol. The summed E-state index contributed by atoms with van der Waals surface area (Å²) in [5, 5.41) is 0.165. The Kier molecular flexibility index (Phi) is 3.38. The molecule has 5 nitrogen and oxygen atoms in total. The summed E-state index contributed by atoms with van der Waals surface area (Å²) in [4.78, 5) is 14.2. The van der Waals surface area contributed by atoms with Crippen LogP contribution in [0.15, 0.2) is 0 Å². The van der Waals surface area contributed by atoms with E-state index in [9.17, 15) is 0 Å². The van der Waals surface area contributed by atoms with E-state index >= 15 is 0 Å². The molecule has 0 radical (unpaired) electrons. The summed E-state index contributed by atoms with van der Waals surface area (Å²) >= 11 is 5.80. The number of nitrogens with zero attached hydrogens (tertiary/aromatic N) is 4. The second kappa shape index (κ2) is 4.64. The van der Waals surface area contributed by atoms with Crippen LogP contribution in [0.4, 0.5) is 11.9 Å². The largest absolute Gasteiger partial charge is 0.368 e. The lowest BCUT2D eigenvalue weighted by Crippen LogP contribution is -2.27. The zero-order chi connectivity index (χ0) is 12.5. The molecule has 2 heterocycles. The molecule has 0 unspecified atom stereocenters. The van der Waals surface area contributed by atoms with Crippen molar-refractivity contribution in [3.63, 3.8) is 0 Å². The Morgan fingerprint density at radius 3 is 2.53 bits per heavy atom. The summed E-state index contributed by atoms with van der Waals surface area (Å²) in [7, 11) is 0. The third kappa shape index (κ3) is 2.44. The summed E-state index contributed by atoms with van der Waals surface area (Å²) in [5.74, 6) is 0.789. The highest BCUT2D eigenvalue weighted by molar-refractivity contribution is 6.28. The lowest BCUT2D eigenvalue weighted by Gasteiger charge is -2.26. The molecule has 1 aliphatic rings. The van der Waals surface area contributed by atoms with E-state index in [1.54, 1.807) is 0 Å². The fourth-order valence-electron chi connectivity index (χ4n) is 2.43. The second-order valence-corrected chi connectivity index (χ2v) is 4.98. The van der Waals surface area contributed by atoms with Gasteiger partial charge in [0.05, 0.1) is 0 Å². The van der Waals surface area contributed by atoms with E-state index in [2.05, 4.69) is 33.7 Å². The van der Waals surface area contributed by atoms with E-state index in [0.29, 0.717) is 11.4 Å². The third-order valence-electron chi connectivity index (χ3n) is 3.83. The van der Waals surface area contributed by atoms with Crippen LogP contribution in [0.25, 0.3) is 0 Å². The van der Waals surface area contributed by atoms with Gasteiger partial charge in [0, 0.05) is 13.1 Å². The van der Waals surface area contributed by atoms with Gasteiger partial charge in [0.2, 0.25) is 17.2 Å². The normalized spacial score (nSPS) is 18.6. The second-order valence-electron chi connectivity index (χ2n) is 4.64. The Labute approximate surface area is 106 Å². The van der Waals surface area contributed by atoms with Crippen molar-refractivity contribution in [2.75, 3.05) is 23.7 Å². The fraction of sp³-hybridized carbons (Fsp3) is 0.727. The maximum atomic E-state index is 5.80. The minimum atomic E-state index is 0.165. The number of nitrogen functional groups attached to an aromatic ring is 1. The van der Waals surface area contributed by atoms with Crippen molar-refractivity contribution in [2.24, 2.45) is 5.41 Å². The molecule has 0 aliphatic carbocycles. The number of hydrogen-bond donors (Lipinski definition) is 1. The maximum absolute atomic E-state index is 5.80. The van der Waals surface area contributed by atoms with Gasteiger partial charge in [0.15, 0.2) is 0 Å². The van der Waals surface area contributed by atoms with Crippen molar-refractivity contribution in [1.82, 2.24) is 15.0 Å². The van der Waals surface area contributed by atoms with Crippen LogP contribution in [0, 0.1) is 5.41 Å². The van der Waals surface area contributed by atoms with Crippen LogP contribution in [-0.4, -0.2) is 28.0 Å². The van der Waals surface area contributed by atoms with Gasteiger partial charge in [-0.15, -0.1) is 0 Å². The molecule has 0 saturated carbocycles. The van der Waals surface area contributed by atoms with Crippen molar-refractivity contribution in [2.45, 2.75) is 33.1 Å². The van der Waals surface area contributed by atoms with Crippen molar-refractivity contribution in [3.05, 3.63) is 5.28 Å². The Morgan fingerprint density at radius 1 is 1.29 bits per heavy atom. The lowest BCUT2D eigenvalue weighted by atomic mass is 9.82. The predicted molar refractivity (Wildman–Crippen MR) is 69.1 cm³/mol. The molecular formula is C11H18ClN5. The number of anilines is 2. The van der Waals surface area contributed by atoms with Gasteiger partial charge in [-0.3, -0.25) is 0 Å². The van der Waals surface area contributed by atoms with Crippen LogP contribution in [0.2, 0.25) is 5.28 Å². The van der Waals surface area contributed by atoms with Gasteiger partial charge >= 0.3 is 0 Å². The van der Waals surface area contributed by atoms with Crippen LogP contribution in [0.5, 0.6) is 0 Å². The summed E-state index contributed by atoms with van der Waals surface area (Å²) in [5.41, 5.74) is 5.97. The average Bonchev–Trinajstić information content (AvgIpc) is 2.73. The molecule has 2 rings (SSSR count). The fourth-order valence-corrected chi connectivity index (χ4v) is 2.59. The standard InChI is InChI=1S/C11H18ClN5/c1-3-11(4-2)5-6-17(7-11)10-15-8(12)14-9(13)16-10/h3-7H2,1-2H3,(H2,13,14,15,16). The van der Waals surface area contributed by atoms with Crippen molar-refractivity contribution in [1.29, 1.82) is 0 Å². The molecule has 6 heteroatoms. The first-order valence-electron chi connectivity index (χ1n) is 6.00. The molecule has 0 aromatic carbocycles. The first kappa shape index (κ1) is 12.4. The molecule has 0 spiro atoms. The monoisotopic (exact) mass is 255 g/mol. The van der Waals surface area contributed by atoms with Crippen LogP contribution >= 0.6 is 11.6 Å². The maximum Gasteiger partial charge on any atom is 0.231 e. The molecule has 1 aromatic heterocycles. The van der Waals surface area contributed by atoms with Crippen molar-refractivity contribution in [3.8, 4) is 0 Å². The first-order chi connectivity index (χ1) is 8.08. The SMILES string of the molecule is CCC1(CC)CCN(c2nc(N)nc(Cl)n2)C1. The lowest BCUT2D eigenvalue weighted by molar-refractivity contribution is 0.301. The molecule has 0 bridgehead atoms. The van der Waals surface area contributed by atoms with E-state index < -0.39 is 0 Å². The Bertz CT molecular complexity index is 385. The van der Waals surface area contributed by atoms with Crippen LogP contribution in [0.1, 0.15) is 33.1 Å². The number of rotatable bonds is 3. The van der Waals surface area contributed by atoms with Gasteiger partial charge in [-0.2, -0.15) is 15.0 Å². The van der Waals surface area contributed by atoms with E-state index in [-0.39, 0.29) is 11.2 Å². The zero-order valence-electron chi connectivity index (χ0n) is 10.3. The van der Waals surface area contributed by atoms with Crippen LogP contribution in [-0.2, 0) is 0 Å². The molecule has 1 aliphatic heterocycles. The zero-order valence-corrected chi connectivity index (χ0v) is 11.0. The molecule has 94 valence electrons. The van der Waals surface area contributed by atoms with Gasteiger partial charge in [0.25, 0.3) is 0 Å². The Morgan fingerprint density at radius 2 is 2.00 bits per heavy atom. The van der Waals surface area contributed by atoms with Crippen molar-refractivity contribution >= 4 is 23.5 Å². The Balaban J connectivity index is 2.20.